The zero-order valence-electron chi connectivity index (χ0n) is 12.7. The van der Waals surface area contributed by atoms with E-state index in [1.54, 1.807) is 17.2 Å². The molecule has 1 aromatic carbocycles. The smallest absolute Gasteiger partial charge is 0.229 e. The molecule has 23 heavy (non-hydrogen) atoms. The molecule has 2 amide bonds. The molecule has 120 valence electrons. The van der Waals surface area contributed by atoms with Crippen molar-refractivity contribution in [3.05, 3.63) is 52.4 Å². The number of likely N-dealkylation sites (tertiary alicyclic amines) is 1. The molecule has 6 heteroatoms. The van der Waals surface area contributed by atoms with E-state index in [0.29, 0.717) is 13.1 Å². The molecule has 0 radical (unpaired) electrons. The second-order valence-corrected chi connectivity index (χ2v) is 6.56. The molecule has 0 bridgehead atoms. The molecule has 0 aliphatic carbocycles. The molecule has 2 aromatic rings. The summed E-state index contributed by atoms with van der Waals surface area (Å²) in [6.45, 7) is 2.81. The van der Waals surface area contributed by atoms with Gasteiger partial charge < -0.3 is 14.6 Å². The summed E-state index contributed by atoms with van der Waals surface area (Å²) in [5.74, 6) is 0.238. The Bertz CT molecular complexity index is 727. The third-order valence-corrected chi connectivity index (χ3v) is 4.81. The molecule has 1 N–H and O–H groups in total. The lowest BCUT2D eigenvalue weighted by Gasteiger charge is -2.15. The van der Waals surface area contributed by atoms with Crippen LogP contribution >= 0.6 is 15.9 Å². The third-order valence-electron chi connectivity index (χ3n) is 3.95. The zero-order valence-corrected chi connectivity index (χ0v) is 14.3. The molecule has 1 saturated heterocycles. The Hall–Kier alpha value is -2.08. The van der Waals surface area contributed by atoms with Crippen LogP contribution < -0.4 is 5.32 Å². The number of anilines is 1. The van der Waals surface area contributed by atoms with Gasteiger partial charge in [-0.25, -0.2) is 0 Å². The van der Waals surface area contributed by atoms with E-state index in [9.17, 15) is 9.59 Å². The first-order valence-electron chi connectivity index (χ1n) is 7.40. The lowest BCUT2D eigenvalue weighted by atomic mass is 10.1. The van der Waals surface area contributed by atoms with Crippen LogP contribution in [0.2, 0.25) is 0 Å². The van der Waals surface area contributed by atoms with Crippen LogP contribution in [0.4, 0.5) is 5.69 Å². The molecule has 1 atom stereocenters. The number of hydrogen-bond donors (Lipinski definition) is 1. The van der Waals surface area contributed by atoms with Gasteiger partial charge in [0.15, 0.2) is 0 Å². The molecule has 1 unspecified atom stereocenters. The average Bonchev–Trinajstić information content (AvgIpc) is 3.14. The maximum Gasteiger partial charge on any atom is 0.229 e. The van der Waals surface area contributed by atoms with Gasteiger partial charge in [-0.05, 0) is 36.8 Å². The lowest BCUT2D eigenvalue weighted by molar-refractivity contribution is -0.128. The van der Waals surface area contributed by atoms with Crippen LogP contribution in [0.15, 0.2) is 45.5 Å². The summed E-state index contributed by atoms with van der Waals surface area (Å²) in [6, 6.07) is 9.27. The maximum absolute atomic E-state index is 12.4. The summed E-state index contributed by atoms with van der Waals surface area (Å²) in [4.78, 5) is 26.1. The Labute approximate surface area is 142 Å². The number of aryl methyl sites for hydroxylation is 1. The van der Waals surface area contributed by atoms with Crippen LogP contribution in [0.3, 0.4) is 0 Å². The Morgan fingerprint density at radius 3 is 2.96 bits per heavy atom. The Kier molecular flexibility index (Phi) is 4.52. The highest BCUT2D eigenvalue weighted by Crippen LogP contribution is 2.24. The lowest BCUT2D eigenvalue weighted by Crippen LogP contribution is -2.27. The first kappa shape index (κ1) is 15.8. The molecular weight excluding hydrogens is 360 g/mol. The molecule has 3 rings (SSSR count). The quantitative estimate of drug-likeness (QED) is 0.889. The Balaban J connectivity index is 1.62. The highest BCUT2D eigenvalue weighted by molar-refractivity contribution is 9.10. The van der Waals surface area contributed by atoms with Crippen LogP contribution in [0.1, 0.15) is 17.7 Å². The Morgan fingerprint density at radius 1 is 1.43 bits per heavy atom. The second kappa shape index (κ2) is 6.58. The monoisotopic (exact) mass is 376 g/mol. The van der Waals surface area contributed by atoms with Gasteiger partial charge in [-0.15, -0.1) is 0 Å². The first-order chi connectivity index (χ1) is 11.0. The van der Waals surface area contributed by atoms with Crippen molar-refractivity contribution in [2.24, 2.45) is 5.92 Å². The van der Waals surface area contributed by atoms with E-state index in [2.05, 4.69) is 21.2 Å². The van der Waals surface area contributed by atoms with Crippen LogP contribution in [0.5, 0.6) is 0 Å². The van der Waals surface area contributed by atoms with Crippen LogP contribution in [0.25, 0.3) is 0 Å². The van der Waals surface area contributed by atoms with E-state index in [1.165, 1.54) is 0 Å². The molecule has 0 saturated carbocycles. The number of halogens is 1. The van der Waals surface area contributed by atoms with Crippen molar-refractivity contribution in [2.45, 2.75) is 19.9 Å². The largest absolute Gasteiger partial charge is 0.467 e. The minimum atomic E-state index is -0.336. The van der Waals surface area contributed by atoms with Crippen molar-refractivity contribution in [2.75, 3.05) is 11.9 Å². The summed E-state index contributed by atoms with van der Waals surface area (Å²) in [5.41, 5.74) is 1.83. The van der Waals surface area contributed by atoms with E-state index in [4.69, 9.17) is 4.42 Å². The fraction of sp³-hybridized carbons (Fsp3) is 0.294. The van der Waals surface area contributed by atoms with Gasteiger partial charge in [0, 0.05) is 23.1 Å². The molecule has 1 aliphatic rings. The SMILES string of the molecule is Cc1ccc(NC(=O)C2CC(=O)N(Cc3ccco3)C2)cc1Br. The van der Waals surface area contributed by atoms with Crippen molar-refractivity contribution in [1.29, 1.82) is 0 Å². The van der Waals surface area contributed by atoms with E-state index >= 15 is 0 Å². The van der Waals surface area contributed by atoms with Gasteiger partial charge in [-0.2, -0.15) is 0 Å². The summed E-state index contributed by atoms with van der Waals surface area (Å²) in [6.07, 6.45) is 1.81. The Morgan fingerprint density at radius 2 is 2.26 bits per heavy atom. The van der Waals surface area contributed by atoms with E-state index < -0.39 is 0 Å². The highest BCUT2D eigenvalue weighted by atomic mass is 79.9. The highest BCUT2D eigenvalue weighted by Gasteiger charge is 2.34. The summed E-state index contributed by atoms with van der Waals surface area (Å²) in [7, 11) is 0. The van der Waals surface area contributed by atoms with Gasteiger partial charge in [0.2, 0.25) is 11.8 Å². The number of benzene rings is 1. The standard InChI is InChI=1S/C17H17BrN2O3/c1-11-4-5-13(8-15(11)18)19-17(22)12-7-16(21)20(9-12)10-14-3-2-6-23-14/h2-6,8,12H,7,9-10H2,1H3,(H,19,22). The van der Waals surface area contributed by atoms with Crippen molar-refractivity contribution in [3.63, 3.8) is 0 Å². The van der Waals surface area contributed by atoms with Crippen LogP contribution in [-0.4, -0.2) is 23.3 Å². The first-order valence-corrected chi connectivity index (χ1v) is 8.19. The number of amides is 2. The molecular formula is C17H17BrN2O3. The summed E-state index contributed by atoms with van der Waals surface area (Å²) in [5, 5.41) is 2.88. The van der Waals surface area contributed by atoms with E-state index in [-0.39, 0.29) is 24.2 Å². The van der Waals surface area contributed by atoms with Crippen molar-refractivity contribution in [3.8, 4) is 0 Å². The number of carbonyl (C=O) groups excluding carboxylic acids is 2. The van der Waals surface area contributed by atoms with Crippen molar-refractivity contribution >= 4 is 33.4 Å². The minimum absolute atomic E-state index is 0.0216. The van der Waals surface area contributed by atoms with Gasteiger partial charge >= 0.3 is 0 Å². The normalized spacial score (nSPS) is 17.6. The van der Waals surface area contributed by atoms with Gasteiger partial charge in [-0.3, -0.25) is 9.59 Å². The predicted molar refractivity (Wildman–Crippen MR) is 89.7 cm³/mol. The number of rotatable bonds is 4. The third kappa shape index (κ3) is 3.64. The summed E-state index contributed by atoms with van der Waals surface area (Å²) < 4.78 is 6.20. The number of hydrogen-bond acceptors (Lipinski definition) is 3. The molecule has 0 spiro atoms. The van der Waals surface area contributed by atoms with Gasteiger partial charge in [0.05, 0.1) is 18.7 Å². The predicted octanol–water partition coefficient (Wildman–Crippen LogP) is 3.34. The molecule has 1 fully saturated rings. The average molecular weight is 377 g/mol. The van der Waals surface area contributed by atoms with Gasteiger partial charge in [0.25, 0.3) is 0 Å². The number of furan rings is 1. The number of nitrogens with zero attached hydrogens (tertiary/aromatic N) is 1. The van der Waals surface area contributed by atoms with Gasteiger partial charge in [-0.1, -0.05) is 22.0 Å². The van der Waals surface area contributed by atoms with E-state index in [1.807, 2.05) is 31.2 Å². The minimum Gasteiger partial charge on any atom is -0.467 e. The summed E-state index contributed by atoms with van der Waals surface area (Å²) >= 11 is 3.45. The molecule has 5 nitrogen and oxygen atoms in total. The molecule has 1 aliphatic heterocycles. The van der Waals surface area contributed by atoms with Crippen LogP contribution in [0, 0.1) is 12.8 Å². The van der Waals surface area contributed by atoms with Gasteiger partial charge in [0.1, 0.15) is 5.76 Å². The molecule has 1 aromatic heterocycles. The maximum atomic E-state index is 12.4. The molecule has 2 heterocycles. The fourth-order valence-electron chi connectivity index (χ4n) is 2.61. The number of carbonyl (C=O) groups is 2. The zero-order chi connectivity index (χ0) is 16.4. The second-order valence-electron chi connectivity index (χ2n) is 5.71. The van der Waals surface area contributed by atoms with E-state index in [0.717, 1.165) is 21.5 Å². The van der Waals surface area contributed by atoms with Crippen LogP contribution in [-0.2, 0) is 16.1 Å². The topological polar surface area (TPSA) is 62.6 Å². The van der Waals surface area contributed by atoms with Crippen molar-refractivity contribution < 1.29 is 14.0 Å². The van der Waals surface area contributed by atoms with Crippen molar-refractivity contribution in [1.82, 2.24) is 4.90 Å². The fourth-order valence-corrected chi connectivity index (χ4v) is 2.99. The number of nitrogens with one attached hydrogen (secondary N) is 1.